The highest BCUT2D eigenvalue weighted by molar-refractivity contribution is 5.43. The molecule has 2 nitrogen and oxygen atoms in total. The summed E-state index contributed by atoms with van der Waals surface area (Å²) in [7, 11) is 0. The van der Waals surface area contributed by atoms with E-state index in [9.17, 15) is 10.2 Å². The molecule has 0 amide bonds. The highest BCUT2D eigenvalue weighted by atomic mass is 16.3. The van der Waals surface area contributed by atoms with Crippen LogP contribution in [0.5, 0.6) is 5.75 Å². The van der Waals surface area contributed by atoms with Gasteiger partial charge in [-0.1, -0.05) is 43.3 Å². The Kier molecular flexibility index (Phi) is 4.79. The average molecular weight is 351 g/mol. The van der Waals surface area contributed by atoms with Crippen LogP contribution in [0.25, 0.3) is 0 Å². The number of phenols is 1. The molecule has 4 atom stereocenters. The largest absolute Gasteiger partial charge is 0.508 e. The third-order valence-corrected chi connectivity index (χ3v) is 7.12. The summed E-state index contributed by atoms with van der Waals surface area (Å²) in [6, 6.07) is 16.8. The zero-order valence-corrected chi connectivity index (χ0v) is 15.7. The van der Waals surface area contributed by atoms with E-state index in [0.717, 1.165) is 44.9 Å². The van der Waals surface area contributed by atoms with E-state index >= 15 is 0 Å². The van der Waals surface area contributed by atoms with Gasteiger partial charge in [-0.05, 0) is 85.6 Å². The first-order valence-corrected chi connectivity index (χ1v) is 10.1. The first-order valence-electron chi connectivity index (χ1n) is 10.1. The van der Waals surface area contributed by atoms with Crippen molar-refractivity contribution in [2.45, 2.75) is 63.4 Å². The van der Waals surface area contributed by atoms with Crippen molar-refractivity contribution in [2.75, 3.05) is 0 Å². The number of aryl methyl sites for hydroxylation is 2. The number of benzene rings is 2. The van der Waals surface area contributed by atoms with Crippen molar-refractivity contribution in [1.82, 2.24) is 0 Å². The summed E-state index contributed by atoms with van der Waals surface area (Å²) in [5.74, 6) is 1.49. The molecule has 0 radical (unpaired) electrons. The standard InChI is InChI=1S/C24H30O2/c1-17(7-8-18-5-3-2-4-6-18)24-14-13-22(26)16-20(24)10-9-19-15-21(25)11-12-23(19)24/h2-6,11-12,15,17,20,22,25-26H,7-10,13-14,16H2,1H3/t17-,20+,22-,24+/m1/s1. The van der Waals surface area contributed by atoms with Gasteiger partial charge in [-0.2, -0.15) is 0 Å². The minimum absolute atomic E-state index is 0.145. The van der Waals surface area contributed by atoms with Crippen LogP contribution >= 0.6 is 0 Å². The fourth-order valence-corrected chi connectivity index (χ4v) is 5.77. The minimum Gasteiger partial charge on any atom is -0.508 e. The van der Waals surface area contributed by atoms with Gasteiger partial charge in [0.05, 0.1) is 6.10 Å². The Balaban J connectivity index is 1.66. The van der Waals surface area contributed by atoms with Gasteiger partial charge in [0.25, 0.3) is 0 Å². The zero-order chi connectivity index (χ0) is 18.1. The molecule has 0 aromatic heterocycles. The summed E-state index contributed by atoms with van der Waals surface area (Å²) in [5.41, 5.74) is 4.32. The molecule has 4 rings (SSSR count). The van der Waals surface area contributed by atoms with Gasteiger partial charge in [-0.15, -0.1) is 0 Å². The summed E-state index contributed by atoms with van der Waals surface area (Å²) < 4.78 is 0. The molecule has 0 aliphatic heterocycles. The summed E-state index contributed by atoms with van der Waals surface area (Å²) in [6.07, 6.45) is 7.16. The van der Waals surface area contributed by atoms with E-state index in [1.54, 1.807) is 0 Å². The summed E-state index contributed by atoms with van der Waals surface area (Å²) in [5, 5.41) is 20.3. The van der Waals surface area contributed by atoms with Gasteiger partial charge in [0, 0.05) is 5.41 Å². The fraction of sp³-hybridized carbons (Fsp3) is 0.500. The van der Waals surface area contributed by atoms with E-state index in [-0.39, 0.29) is 11.5 Å². The number of hydrogen-bond acceptors (Lipinski definition) is 2. The van der Waals surface area contributed by atoms with Crippen molar-refractivity contribution in [3.8, 4) is 5.75 Å². The van der Waals surface area contributed by atoms with Gasteiger partial charge in [0.2, 0.25) is 0 Å². The van der Waals surface area contributed by atoms with E-state index in [2.05, 4.69) is 43.3 Å². The highest BCUT2D eigenvalue weighted by Gasteiger charge is 2.50. The van der Waals surface area contributed by atoms with Gasteiger partial charge in [0.15, 0.2) is 0 Å². The van der Waals surface area contributed by atoms with E-state index in [0.29, 0.717) is 17.6 Å². The lowest BCUT2D eigenvalue weighted by Crippen LogP contribution is -2.49. The van der Waals surface area contributed by atoms with Crippen LogP contribution in [0.4, 0.5) is 0 Å². The lowest BCUT2D eigenvalue weighted by Gasteiger charge is -2.53. The van der Waals surface area contributed by atoms with Crippen LogP contribution in [-0.4, -0.2) is 16.3 Å². The fourth-order valence-electron chi connectivity index (χ4n) is 5.77. The Bertz CT molecular complexity index is 754. The molecule has 0 saturated heterocycles. The molecule has 2 N–H and O–H groups in total. The normalized spacial score (nSPS) is 28.8. The molecule has 2 aromatic rings. The maximum atomic E-state index is 10.3. The average Bonchev–Trinajstić information content (AvgIpc) is 2.66. The lowest BCUT2D eigenvalue weighted by molar-refractivity contribution is 0.0132. The molecule has 0 unspecified atom stereocenters. The molecule has 1 fully saturated rings. The van der Waals surface area contributed by atoms with Crippen LogP contribution in [0.15, 0.2) is 48.5 Å². The minimum atomic E-state index is -0.145. The third kappa shape index (κ3) is 3.05. The molecule has 0 heterocycles. The lowest BCUT2D eigenvalue weighted by atomic mass is 9.51. The SMILES string of the molecule is C[C@H](CCc1ccccc1)[C@@]12CC[C@@H](O)C[C@@H]1CCc1cc(O)ccc12. The number of aliphatic hydroxyl groups is 1. The monoisotopic (exact) mass is 350 g/mol. The van der Waals surface area contributed by atoms with Gasteiger partial charge in [0.1, 0.15) is 5.75 Å². The van der Waals surface area contributed by atoms with Gasteiger partial charge < -0.3 is 10.2 Å². The molecular weight excluding hydrogens is 320 g/mol. The van der Waals surface area contributed by atoms with Crippen molar-refractivity contribution in [2.24, 2.45) is 11.8 Å². The van der Waals surface area contributed by atoms with Gasteiger partial charge in [-0.25, -0.2) is 0 Å². The van der Waals surface area contributed by atoms with Crippen molar-refractivity contribution < 1.29 is 10.2 Å². The Morgan fingerprint density at radius 2 is 1.92 bits per heavy atom. The summed E-state index contributed by atoms with van der Waals surface area (Å²) in [6.45, 7) is 2.41. The van der Waals surface area contributed by atoms with E-state index in [1.807, 2.05) is 12.1 Å². The Morgan fingerprint density at radius 1 is 1.12 bits per heavy atom. The predicted octanol–water partition coefficient (Wildman–Crippen LogP) is 5.01. The van der Waals surface area contributed by atoms with Crippen LogP contribution in [0.1, 0.15) is 55.7 Å². The molecule has 26 heavy (non-hydrogen) atoms. The predicted molar refractivity (Wildman–Crippen MR) is 105 cm³/mol. The third-order valence-electron chi connectivity index (χ3n) is 7.12. The van der Waals surface area contributed by atoms with Crippen molar-refractivity contribution in [3.05, 3.63) is 65.2 Å². The van der Waals surface area contributed by atoms with Crippen LogP contribution in [0, 0.1) is 11.8 Å². The Morgan fingerprint density at radius 3 is 2.73 bits per heavy atom. The molecule has 0 spiro atoms. The Hall–Kier alpha value is -1.80. The smallest absolute Gasteiger partial charge is 0.115 e. The highest BCUT2D eigenvalue weighted by Crippen LogP contribution is 2.55. The maximum Gasteiger partial charge on any atom is 0.115 e. The van der Waals surface area contributed by atoms with Crippen LogP contribution in [0.3, 0.4) is 0 Å². The number of fused-ring (bicyclic) bond motifs is 3. The number of aromatic hydroxyl groups is 1. The first-order chi connectivity index (χ1) is 12.6. The second kappa shape index (κ2) is 7.08. The van der Waals surface area contributed by atoms with Crippen molar-refractivity contribution in [3.63, 3.8) is 0 Å². The number of rotatable bonds is 4. The van der Waals surface area contributed by atoms with E-state index in [1.165, 1.54) is 16.7 Å². The van der Waals surface area contributed by atoms with Crippen LogP contribution in [-0.2, 0) is 18.3 Å². The maximum absolute atomic E-state index is 10.3. The molecule has 138 valence electrons. The molecule has 2 aromatic carbocycles. The number of phenolic OH excluding ortho intramolecular Hbond substituents is 1. The molecule has 0 bridgehead atoms. The summed E-state index contributed by atoms with van der Waals surface area (Å²) >= 11 is 0. The zero-order valence-electron chi connectivity index (χ0n) is 15.7. The number of aliphatic hydroxyl groups excluding tert-OH is 1. The van der Waals surface area contributed by atoms with Crippen LogP contribution < -0.4 is 0 Å². The quantitative estimate of drug-likeness (QED) is 0.814. The van der Waals surface area contributed by atoms with Crippen molar-refractivity contribution >= 4 is 0 Å². The van der Waals surface area contributed by atoms with Gasteiger partial charge in [-0.3, -0.25) is 0 Å². The molecular formula is C24H30O2. The molecule has 1 saturated carbocycles. The van der Waals surface area contributed by atoms with E-state index < -0.39 is 0 Å². The Labute approximate surface area is 156 Å². The van der Waals surface area contributed by atoms with Crippen LogP contribution in [0.2, 0.25) is 0 Å². The molecule has 2 heteroatoms. The number of hydrogen-bond donors (Lipinski definition) is 2. The summed E-state index contributed by atoms with van der Waals surface area (Å²) in [4.78, 5) is 0. The molecule has 2 aliphatic carbocycles. The van der Waals surface area contributed by atoms with Crippen molar-refractivity contribution in [1.29, 1.82) is 0 Å². The van der Waals surface area contributed by atoms with Gasteiger partial charge >= 0.3 is 0 Å². The topological polar surface area (TPSA) is 40.5 Å². The van der Waals surface area contributed by atoms with E-state index in [4.69, 9.17) is 0 Å². The second-order valence-corrected chi connectivity index (χ2v) is 8.47. The first kappa shape index (κ1) is 17.6. The second-order valence-electron chi connectivity index (χ2n) is 8.47. The molecule has 2 aliphatic rings.